The van der Waals surface area contributed by atoms with E-state index >= 15 is 0 Å². The molecule has 1 aliphatic carbocycles. The maximum Gasteiger partial charge on any atom is 0.407 e. The van der Waals surface area contributed by atoms with Gasteiger partial charge in [0.2, 0.25) is 0 Å². The van der Waals surface area contributed by atoms with E-state index in [1.54, 1.807) is 6.20 Å². The number of piperidine rings is 1. The van der Waals surface area contributed by atoms with E-state index in [4.69, 9.17) is 14.7 Å². The van der Waals surface area contributed by atoms with E-state index in [9.17, 15) is 4.79 Å². The van der Waals surface area contributed by atoms with Crippen molar-refractivity contribution >= 4 is 11.9 Å². The van der Waals surface area contributed by atoms with Crippen LogP contribution in [-0.4, -0.2) is 45.3 Å². The van der Waals surface area contributed by atoms with Gasteiger partial charge in [-0.05, 0) is 71.9 Å². The Morgan fingerprint density at radius 2 is 2.07 bits per heavy atom. The van der Waals surface area contributed by atoms with Gasteiger partial charge in [0.15, 0.2) is 5.82 Å². The minimum Gasteiger partial charge on any atom is -0.444 e. The molecule has 1 N–H and O–H groups in total. The van der Waals surface area contributed by atoms with E-state index in [1.807, 2.05) is 39.0 Å². The van der Waals surface area contributed by atoms with Crippen LogP contribution in [-0.2, 0) is 17.6 Å². The second kappa shape index (κ2) is 8.20. The molecule has 1 fully saturated rings. The summed E-state index contributed by atoms with van der Waals surface area (Å²) < 4.78 is 5.42. The zero-order valence-electron chi connectivity index (χ0n) is 18.3. The fourth-order valence-corrected chi connectivity index (χ4v) is 4.35. The lowest BCUT2D eigenvalue weighted by molar-refractivity contribution is 0.0494. The van der Waals surface area contributed by atoms with Gasteiger partial charge in [0, 0.05) is 36.1 Å². The number of pyridine rings is 1. The van der Waals surface area contributed by atoms with Crippen molar-refractivity contribution in [1.82, 2.24) is 20.3 Å². The van der Waals surface area contributed by atoms with Crippen LogP contribution in [0.15, 0.2) is 24.4 Å². The minimum atomic E-state index is -0.486. The van der Waals surface area contributed by atoms with Crippen LogP contribution in [0.1, 0.15) is 58.2 Å². The van der Waals surface area contributed by atoms with Crippen LogP contribution >= 0.6 is 0 Å². The molecule has 2 atom stereocenters. The first-order chi connectivity index (χ1) is 14.3. The van der Waals surface area contributed by atoms with Gasteiger partial charge in [0.05, 0.1) is 0 Å². The number of rotatable bonds is 3. The highest BCUT2D eigenvalue weighted by atomic mass is 16.6. The Morgan fingerprint density at radius 1 is 1.23 bits per heavy atom. The first kappa shape index (κ1) is 20.6. The van der Waals surface area contributed by atoms with Crippen molar-refractivity contribution in [3.8, 4) is 11.5 Å². The molecule has 3 heterocycles. The quantitative estimate of drug-likeness (QED) is 0.828. The highest BCUT2D eigenvalue weighted by Crippen LogP contribution is 2.34. The lowest BCUT2D eigenvalue weighted by atomic mass is 9.97. The van der Waals surface area contributed by atoms with Gasteiger partial charge in [-0.1, -0.05) is 6.07 Å². The Kier molecular flexibility index (Phi) is 5.62. The third-order valence-electron chi connectivity index (χ3n) is 5.67. The van der Waals surface area contributed by atoms with Gasteiger partial charge in [0.25, 0.3) is 0 Å². The van der Waals surface area contributed by atoms with E-state index in [2.05, 4.69) is 22.1 Å². The van der Waals surface area contributed by atoms with Crippen LogP contribution in [0.4, 0.5) is 10.6 Å². The summed E-state index contributed by atoms with van der Waals surface area (Å²) in [4.78, 5) is 28.8. The number of carbonyl (C=O) groups excluding carboxylic acids is 1. The van der Waals surface area contributed by atoms with Crippen LogP contribution in [0.5, 0.6) is 0 Å². The normalized spacial score (nSPS) is 21.3. The molecule has 2 aromatic rings. The van der Waals surface area contributed by atoms with Gasteiger partial charge in [-0.25, -0.2) is 14.8 Å². The largest absolute Gasteiger partial charge is 0.444 e. The van der Waals surface area contributed by atoms with Crippen molar-refractivity contribution < 1.29 is 9.53 Å². The highest BCUT2D eigenvalue weighted by molar-refractivity contribution is 5.68. The number of nitrogens with zero attached hydrogens (tertiary/aromatic N) is 4. The standard InChI is InChI=1S/C23H31N5O2/c1-15-14-16(25-22(29)30-23(2,3)4)11-13-28(15)21-17-8-7-10-18(17)26-20(27-21)19-9-5-6-12-24-19/h5-6,9,12,15-16H,7-8,10-11,13-14H2,1-4H3,(H,25,29). The SMILES string of the molecule is CC1CC(NC(=O)OC(C)(C)C)CCN1c1nc(-c2ccccn2)nc2c1CCC2. The summed E-state index contributed by atoms with van der Waals surface area (Å²) >= 11 is 0. The number of carbonyl (C=O) groups is 1. The van der Waals surface area contributed by atoms with Crippen molar-refractivity contribution in [3.63, 3.8) is 0 Å². The minimum absolute atomic E-state index is 0.108. The maximum absolute atomic E-state index is 12.2. The maximum atomic E-state index is 12.2. The Morgan fingerprint density at radius 3 is 2.77 bits per heavy atom. The molecular weight excluding hydrogens is 378 g/mol. The van der Waals surface area contributed by atoms with Crippen LogP contribution in [0.2, 0.25) is 0 Å². The second-order valence-corrected chi connectivity index (χ2v) is 9.27. The first-order valence-corrected chi connectivity index (χ1v) is 10.9. The zero-order chi connectivity index (χ0) is 21.3. The van der Waals surface area contributed by atoms with Crippen LogP contribution in [0.25, 0.3) is 11.5 Å². The number of ether oxygens (including phenoxy) is 1. The summed E-state index contributed by atoms with van der Waals surface area (Å²) in [6.07, 6.45) is 6.30. The van der Waals surface area contributed by atoms with E-state index in [0.717, 1.165) is 55.9 Å². The summed E-state index contributed by atoms with van der Waals surface area (Å²) in [6.45, 7) is 8.69. The number of anilines is 1. The Bertz CT molecular complexity index is 910. The van der Waals surface area contributed by atoms with Crippen molar-refractivity contribution in [2.75, 3.05) is 11.4 Å². The number of aryl methyl sites for hydroxylation is 1. The molecular formula is C23H31N5O2. The van der Waals surface area contributed by atoms with Crippen molar-refractivity contribution in [2.24, 2.45) is 0 Å². The van der Waals surface area contributed by atoms with Gasteiger partial charge in [-0.15, -0.1) is 0 Å². The van der Waals surface area contributed by atoms with Gasteiger partial charge in [-0.2, -0.15) is 0 Å². The van der Waals surface area contributed by atoms with Gasteiger partial charge >= 0.3 is 6.09 Å². The molecule has 7 nitrogen and oxygen atoms in total. The fourth-order valence-electron chi connectivity index (χ4n) is 4.35. The second-order valence-electron chi connectivity index (χ2n) is 9.27. The molecule has 0 spiro atoms. The molecule has 1 amide bonds. The molecule has 2 aromatic heterocycles. The molecule has 160 valence electrons. The third-order valence-corrected chi connectivity index (χ3v) is 5.67. The number of amides is 1. The molecule has 1 aliphatic heterocycles. The van der Waals surface area contributed by atoms with E-state index in [0.29, 0.717) is 5.82 Å². The highest BCUT2D eigenvalue weighted by Gasteiger charge is 2.32. The summed E-state index contributed by atoms with van der Waals surface area (Å²) in [7, 11) is 0. The number of hydrogen-bond donors (Lipinski definition) is 1. The van der Waals surface area contributed by atoms with Crippen LogP contribution in [0.3, 0.4) is 0 Å². The number of fused-ring (bicyclic) bond motifs is 1. The van der Waals surface area contributed by atoms with Gasteiger partial charge in [-0.3, -0.25) is 4.98 Å². The molecule has 30 heavy (non-hydrogen) atoms. The average Bonchev–Trinajstić information content (AvgIpc) is 3.15. The van der Waals surface area contributed by atoms with Crippen LogP contribution < -0.4 is 10.2 Å². The predicted octanol–water partition coefficient (Wildman–Crippen LogP) is 3.91. The van der Waals surface area contributed by atoms with E-state index < -0.39 is 5.60 Å². The lowest BCUT2D eigenvalue weighted by Crippen LogP contribution is -2.50. The van der Waals surface area contributed by atoms with E-state index in [1.165, 1.54) is 5.56 Å². The van der Waals surface area contributed by atoms with Gasteiger partial charge < -0.3 is 15.0 Å². The number of alkyl carbamates (subject to hydrolysis) is 1. The molecule has 0 bridgehead atoms. The third kappa shape index (κ3) is 4.55. The predicted molar refractivity (Wildman–Crippen MR) is 116 cm³/mol. The van der Waals surface area contributed by atoms with Crippen molar-refractivity contribution in [2.45, 2.75) is 77.5 Å². The molecule has 1 saturated heterocycles. The molecule has 0 saturated carbocycles. The molecule has 7 heteroatoms. The van der Waals surface area contributed by atoms with E-state index in [-0.39, 0.29) is 18.2 Å². The summed E-state index contributed by atoms with van der Waals surface area (Å²) in [5.41, 5.74) is 2.75. The summed E-state index contributed by atoms with van der Waals surface area (Å²) in [6, 6.07) is 6.20. The topological polar surface area (TPSA) is 80.2 Å². The lowest BCUT2D eigenvalue weighted by Gasteiger charge is -2.39. The summed E-state index contributed by atoms with van der Waals surface area (Å²) in [5.74, 6) is 1.74. The summed E-state index contributed by atoms with van der Waals surface area (Å²) in [5, 5.41) is 3.04. The molecule has 0 aromatic carbocycles. The zero-order valence-corrected chi connectivity index (χ0v) is 18.3. The number of hydrogen-bond acceptors (Lipinski definition) is 6. The molecule has 4 rings (SSSR count). The van der Waals surface area contributed by atoms with Crippen LogP contribution in [0, 0.1) is 0 Å². The smallest absolute Gasteiger partial charge is 0.407 e. The molecule has 2 unspecified atom stereocenters. The van der Waals surface area contributed by atoms with Crippen molar-refractivity contribution in [3.05, 3.63) is 35.7 Å². The van der Waals surface area contributed by atoms with Gasteiger partial charge in [0.1, 0.15) is 17.1 Å². The Labute approximate surface area is 178 Å². The number of aromatic nitrogens is 3. The monoisotopic (exact) mass is 409 g/mol. The number of nitrogens with one attached hydrogen (secondary N) is 1. The first-order valence-electron chi connectivity index (χ1n) is 10.9. The molecule has 0 radical (unpaired) electrons. The Hall–Kier alpha value is -2.70. The molecule has 2 aliphatic rings. The Balaban J connectivity index is 1.52. The fraction of sp³-hybridized carbons (Fsp3) is 0.565. The van der Waals surface area contributed by atoms with Crippen molar-refractivity contribution in [1.29, 1.82) is 0 Å². The average molecular weight is 410 g/mol.